The van der Waals surface area contributed by atoms with Gasteiger partial charge in [0.05, 0.1) is 11.5 Å². The molecule has 2 aromatic carbocycles. The lowest BCUT2D eigenvalue weighted by molar-refractivity contribution is -0.138. The van der Waals surface area contributed by atoms with Crippen molar-refractivity contribution in [2.24, 2.45) is 5.92 Å². The predicted octanol–water partition coefficient (Wildman–Crippen LogP) is 4.05. The topological polar surface area (TPSA) is 109 Å². The summed E-state index contributed by atoms with van der Waals surface area (Å²) in [6.07, 6.45) is 6.91. The molecular formula is C28H33N3O5S. The number of anilines is 1. The quantitative estimate of drug-likeness (QED) is 0.390. The van der Waals surface area contributed by atoms with Crippen LogP contribution in [0.1, 0.15) is 30.4 Å². The molecule has 1 aromatic heterocycles. The predicted molar refractivity (Wildman–Crippen MR) is 142 cm³/mol. The average molecular weight is 524 g/mol. The number of rotatable bonds is 11. The van der Waals surface area contributed by atoms with E-state index in [4.69, 9.17) is 4.74 Å². The molecule has 196 valence electrons. The van der Waals surface area contributed by atoms with Gasteiger partial charge >= 0.3 is 5.97 Å². The zero-order chi connectivity index (χ0) is 26.3. The third kappa shape index (κ3) is 7.53. The third-order valence-corrected chi connectivity index (χ3v) is 8.21. The van der Waals surface area contributed by atoms with Crippen molar-refractivity contribution in [3.05, 3.63) is 84.2 Å². The second-order valence-corrected chi connectivity index (χ2v) is 11.2. The highest BCUT2D eigenvalue weighted by molar-refractivity contribution is 7.89. The van der Waals surface area contributed by atoms with E-state index in [0.29, 0.717) is 23.8 Å². The van der Waals surface area contributed by atoms with Gasteiger partial charge in [-0.3, -0.25) is 9.78 Å². The van der Waals surface area contributed by atoms with Gasteiger partial charge in [0.25, 0.3) is 0 Å². The van der Waals surface area contributed by atoms with Crippen LogP contribution in [0.4, 0.5) is 5.69 Å². The molecule has 0 saturated carbocycles. The highest BCUT2D eigenvalue weighted by Crippen LogP contribution is 2.25. The van der Waals surface area contributed by atoms with E-state index in [1.54, 1.807) is 36.4 Å². The maximum absolute atomic E-state index is 12.6. The summed E-state index contributed by atoms with van der Waals surface area (Å²) in [6, 6.07) is 16.2. The van der Waals surface area contributed by atoms with Crippen LogP contribution in [0.2, 0.25) is 0 Å². The fourth-order valence-electron chi connectivity index (χ4n) is 4.49. The fourth-order valence-corrected chi connectivity index (χ4v) is 5.68. The van der Waals surface area contributed by atoms with Gasteiger partial charge in [-0.05, 0) is 80.5 Å². The molecule has 2 N–H and O–H groups in total. The maximum atomic E-state index is 12.6. The van der Waals surface area contributed by atoms with Crippen molar-refractivity contribution in [1.29, 1.82) is 0 Å². The van der Waals surface area contributed by atoms with E-state index >= 15 is 0 Å². The Morgan fingerprint density at radius 3 is 2.32 bits per heavy atom. The number of aryl methyl sites for hydroxylation is 1. The van der Waals surface area contributed by atoms with Crippen molar-refractivity contribution < 1.29 is 23.1 Å². The number of piperidine rings is 1. The van der Waals surface area contributed by atoms with Crippen molar-refractivity contribution >= 4 is 21.7 Å². The van der Waals surface area contributed by atoms with E-state index in [9.17, 15) is 18.3 Å². The molecule has 37 heavy (non-hydrogen) atoms. The van der Waals surface area contributed by atoms with Gasteiger partial charge in [-0.15, -0.1) is 0 Å². The fraction of sp³-hybridized carbons (Fsp3) is 0.357. The van der Waals surface area contributed by atoms with Crippen molar-refractivity contribution in [3.63, 3.8) is 0 Å². The van der Waals surface area contributed by atoms with Gasteiger partial charge < -0.3 is 14.7 Å². The first-order valence-electron chi connectivity index (χ1n) is 12.5. The highest BCUT2D eigenvalue weighted by Gasteiger charge is 2.26. The van der Waals surface area contributed by atoms with E-state index in [1.807, 2.05) is 31.5 Å². The second kappa shape index (κ2) is 12.2. The normalized spacial score (nSPS) is 15.3. The zero-order valence-electron chi connectivity index (χ0n) is 20.9. The Balaban J connectivity index is 1.24. The van der Waals surface area contributed by atoms with Crippen LogP contribution in [0.25, 0.3) is 0 Å². The Labute approximate surface area is 218 Å². The summed E-state index contributed by atoms with van der Waals surface area (Å²) in [7, 11) is -3.95. The van der Waals surface area contributed by atoms with Crippen molar-refractivity contribution in [3.8, 4) is 5.75 Å². The molecule has 0 bridgehead atoms. The molecule has 1 saturated heterocycles. The minimum absolute atomic E-state index is 0.0246. The average Bonchev–Trinajstić information content (AvgIpc) is 2.90. The molecule has 9 heteroatoms. The summed E-state index contributed by atoms with van der Waals surface area (Å²) < 4.78 is 33.5. The van der Waals surface area contributed by atoms with Crippen LogP contribution < -0.4 is 14.4 Å². The largest absolute Gasteiger partial charge is 0.494 e. The lowest BCUT2D eigenvalue weighted by atomic mass is 9.93. The van der Waals surface area contributed by atoms with Crippen LogP contribution in [0, 0.1) is 12.8 Å². The molecule has 0 aliphatic carbocycles. The summed E-state index contributed by atoms with van der Waals surface area (Å²) in [6.45, 7) is 4.53. The number of carboxylic acid groups (broad SMARTS) is 1. The van der Waals surface area contributed by atoms with Gasteiger partial charge in [0.15, 0.2) is 0 Å². The number of hydrogen-bond acceptors (Lipinski definition) is 6. The lowest BCUT2D eigenvalue weighted by Crippen LogP contribution is -2.42. The third-order valence-electron chi connectivity index (χ3n) is 6.73. The first-order chi connectivity index (χ1) is 17.8. The van der Waals surface area contributed by atoms with Gasteiger partial charge in [0, 0.05) is 31.2 Å². The molecule has 0 radical (unpaired) electrons. The molecule has 1 aliphatic rings. The van der Waals surface area contributed by atoms with Crippen LogP contribution >= 0.6 is 0 Å². The lowest BCUT2D eigenvalue weighted by Gasteiger charge is -2.33. The molecule has 0 spiro atoms. The molecule has 1 unspecified atom stereocenters. The number of carbonyl (C=O) groups is 1. The van der Waals surface area contributed by atoms with Gasteiger partial charge in [-0.2, -0.15) is 4.72 Å². The summed E-state index contributed by atoms with van der Waals surface area (Å²) in [4.78, 5) is 18.3. The van der Waals surface area contributed by atoms with Crippen molar-refractivity contribution in [2.45, 2.75) is 43.5 Å². The minimum Gasteiger partial charge on any atom is -0.494 e. The van der Waals surface area contributed by atoms with E-state index in [2.05, 4.69) is 14.6 Å². The number of benzene rings is 2. The summed E-state index contributed by atoms with van der Waals surface area (Å²) in [5.41, 5.74) is 2.84. The molecule has 1 atom stereocenters. The molecule has 1 aliphatic heterocycles. The van der Waals surface area contributed by atoms with Crippen LogP contribution in [0.5, 0.6) is 5.75 Å². The van der Waals surface area contributed by atoms with E-state index in [-0.39, 0.29) is 11.3 Å². The first-order valence-corrected chi connectivity index (χ1v) is 14.0. The minimum atomic E-state index is -3.95. The van der Waals surface area contributed by atoms with Crippen molar-refractivity contribution in [1.82, 2.24) is 9.71 Å². The molecule has 2 heterocycles. The molecule has 4 rings (SSSR count). The molecule has 8 nitrogen and oxygen atoms in total. The van der Waals surface area contributed by atoms with E-state index in [0.717, 1.165) is 37.9 Å². The Morgan fingerprint density at radius 2 is 1.70 bits per heavy atom. The van der Waals surface area contributed by atoms with Crippen LogP contribution in [0.3, 0.4) is 0 Å². The number of sulfonamides is 1. The van der Waals surface area contributed by atoms with Gasteiger partial charge in [-0.25, -0.2) is 8.42 Å². The van der Waals surface area contributed by atoms with Crippen molar-refractivity contribution in [2.75, 3.05) is 24.6 Å². The highest BCUT2D eigenvalue weighted by atomic mass is 32.2. The van der Waals surface area contributed by atoms with Crippen LogP contribution in [-0.4, -0.2) is 50.2 Å². The number of nitrogens with one attached hydrogen (secondary N) is 1. The van der Waals surface area contributed by atoms with Crippen LogP contribution in [0.15, 0.2) is 78.0 Å². The molecular weight excluding hydrogens is 490 g/mol. The Morgan fingerprint density at radius 1 is 1.05 bits per heavy atom. The summed E-state index contributed by atoms with van der Waals surface area (Å²) in [5, 5.41) is 9.61. The smallest absolute Gasteiger partial charge is 0.322 e. The number of nitrogens with zero attached hydrogens (tertiary/aromatic N) is 2. The summed E-state index contributed by atoms with van der Waals surface area (Å²) in [5.74, 6) is 0.103. The number of carboxylic acids is 1. The molecule has 3 aromatic rings. The monoisotopic (exact) mass is 523 g/mol. The molecule has 1 fully saturated rings. The summed E-state index contributed by atoms with van der Waals surface area (Å²) >= 11 is 0. The zero-order valence-corrected chi connectivity index (χ0v) is 21.7. The van der Waals surface area contributed by atoms with Gasteiger partial charge in [-0.1, -0.05) is 29.8 Å². The van der Waals surface area contributed by atoms with Crippen LogP contribution in [-0.2, 0) is 21.2 Å². The van der Waals surface area contributed by atoms with E-state index < -0.39 is 22.0 Å². The van der Waals surface area contributed by atoms with E-state index in [1.165, 1.54) is 17.8 Å². The number of ether oxygens (including phenoxy) is 1. The second-order valence-electron chi connectivity index (χ2n) is 9.45. The standard InChI is InChI=1S/C28H33N3O5S/c1-21-2-8-26(9-3-21)37(34,35)30-27(28(32)33)20-23-4-6-25(7-5-23)36-19-14-22-12-17-31(18-13-22)24-10-15-29-16-11-24/h2-11,15-16,22,27,30H,12-14,17-20H2,1H3,(H,32,33). The number of pyridine rings is 1. The Bertz CT molecular complexity index is 1260. The number of aromatic nitrogens is 1. The van der Waals surface area contributed by atoms with Gasteiger partial charge in [0.2, 0.25) is 10.0 Å². The number of hydrogen-bond donors (Lipinski definition) is 2. The SMILES string of the molecule is Cc1ccc(S(=O)(=O)NC(Cc2ccc(OCCC3CCN(c4ccncc4)CC3)cc2)C(=O)O)cc1. The maximum Gasteiger partial charge on any atom is 0.322 e. The Hall–Kier alpha value is -3.43. The first kappa shape index (κ1) is 26.6. The molecule has 0 amide bonds. The number of aliphatic carboxylic acids is 1. The van der Waals surface area contributed by atoms with Gasteiger partial charge in [0.1, 0.15) is 11.8 Å². The Kier molecular flexibility index (Phi) is 8.78.